The summed E-state index contributed by atoms with van der Waals surface area (Å²) in [4.78, 5) is 5.45. The molecule has 0 saturated heterocycles. The number of halogens is 4. The average molecular weight is 366 g/mol. The number of hydrogen-bond acceptors (Lipinski definition) is 4. The van der Waals surface area contributed by atoms with Crippen molar-refractivity contribution in [3.8, 4) is 0 Å². The van der Waals surface area contributed by atoms with E-state index in [9.17, 15) is 21.6 Å². The summed E-state index contributed by atoms with van der Waals surface area (Å²) in [5, 5.41) is -0.369. The molecule has 5 nitrogen and oxygen atoms in total. The molecule has 2 N–H and O–H groups in total. The second-order valence-corrected chi connectivity index (χ2v) is 6.69. The molecule has 0 atom stereocenters. The molecular weight excluding hydrogens is 355 g/mol. The Morgan fingerprint density at radius 3 is 2.30 bits per heavy atom. The van der Waals surface area contributed by atoms with Crippen LogP contribution in [0.15, 0.2) is 41.4 Å². The third kappa shape index (κ3) is 4.34. The first kappa shape index (κ1) is 17.5. The maximum Gasteiger partial charge on any atom is 0.417 e. The average Bonchev–Trinajstić information content (AvgIpc) is 2.45. The molecule has 0 bridgehead atoms. The Kier molecular flexibility index (Phi) is 4.83. The molecule has 0 radical (unpaired) electrons. The predicted molar refractivity (Wildman–Crippen MR) is 79.4 cm³/mol. The fraction of sp³-hybridized carbons (Fsp3) is 0.154. The highest BCUT2D eigenvalue weighted by Gasteiger charge is 2.31. The van der Waals surface area contributed by atoms with E-state index in [1.54, 1.807) is 19.1 Å². The molecule has 0 unspecified atom stereocenters. The number of aromatic nitrogens is 1. The maximum absolute atomic E-state index is 12.5. The lowest BCUT2D eigenvalue weighted by molar-refractivity contribution is -0.137. The fourth-order valence-corrected chi connectivity index (χ4v) is 2.63. The zero-order chi connectivity index (χ0) is 17.3. The number of hydrogen-bond donors (Lipinski definition) is 2. The number of pyridine rings is 1. The van der Waals surface area contributed by atoms with Crippen molar-refractivity contribution in [1.29, 1.82) is 0 Å². The Bertz CT molecular complexity index is 808. The van der Waals surface area contributed by atoms with Gasteiger partial charge in [-0.1, -0.05) is 29.3 Å². The quantitative estimate of drug-likeness (QED) is 0.815. The van der Waals surface area contributed by atoms with Crippen molar-refractivity contribution in [1.82, 2.24) is 9.82 Å². The third-order valence-electron chi connectivity index (χ3n) is 2.80. The van der Waals surface area contributed by atoms with Crippen molar-refractivity contribution in [2.75, 3.05) is 5.43 Å². The minimum Gasteiger partial charge on any atom is -0.291 e. The highest BCUT2D eigenvalue weighted by Crippen LogP contribution is 2.32. The Hall–Kier alpha value is -1.84. The first-order valence-electron chi connectivity index (χ1n) is 6.17. The van der Waals surface area contributed by atoms with E-state index in [1.807, 2.05) is 4.83 Å². The number of alkyl halides is 3. The number of benzene rings is 1. The van der Waals surface area contributed by atoms with E-state index in [1.165, 1.54) is 12.1 Å². The van der Waals surface area contributed by atoms with Gasteiger partial charge in [-0.2, -0.15) is 13.2 Å². The van der Waals surface area contributed by atoms with Gasteiger partial charge in [-0.05, 0) is 25.1 Å². The van der Waals surface area contributed by atoms with Crippen molar-refractivity contribution in [3.05, 3.63) is 52.7 Å². The van der Waals surface area contributed by atoms with Crippen LogP contribution in [-0.4, -0.2) is 13.4 Å². The summed E-state index contributed by atoms with van der Waals surface area (Å²) in [7, 11) is -3.91. The van der Waals surface area contributed by atoms with Crippen LogP contribution in [0.5, 0.6) is 0 Å². The lowest BCUT2D eigenvalue weighted by atomic mass is 10.2. The fourth-order valence-electron chi connectivity index (χ4n) is 1.58. The van der Waals surface area contributed by atoms with Gasteiger partial charge in [0.1, 0.15) is 0 Å². The number of nitrogens with zero attached hydrogens (tertiary/aromatic N) is 1. The first-order chi connectivity index (χ1) is 10.6. The van der Waals surface area contributed by atoms with E-state index in [4.69, 9.17) is 11.6 Å². The molecule has 2 rings (SSSR count). The van der Waals surface area contributed by atoms with Crippen LogP contribution in [0.25, 0.3) is 0 Å². The summed E-state index contributed by atoms with van der Waals surface area (Å²) < 4.78 is 61.6. The number of aryl methyl sites for hydroxylation is 1. The molecule has 23 heavy (non-hydrogen) atoms. The van der Waals surface area contributed by atoms with Gasteiger partial charge < -0.3 is 0 Å². The van der Waals surface area contributed by atoms with E-state index in [0.717, 1.165) is 5.56 Å². The highest BCUT2D eigenvalue weighted by molar-refractivity contribution is 7.89. The molecule has 0 aliphatic carbocycles. The predicted octanol–water partition coefficient (Wildman–Crippen LogP) is 3.37. The van der Waals surface area contributed by atoms with Crippen molar-refractivity contribution in [2.45, 2.75) is 18.0 Å². The van der Waals surface area contributed by atoms with Crippen LogP contribution in [0.2, 0.25) is 5.02 Å². The van der Waals surface area contributed by atoms with Gasteiger partial charge >= 0.3 is 6.18 Å². The van der Waals surface area contributed by atoms with Crippen molar-refractivity contribution in [3.63, 3.8) is 0 Å². The maximum atomic E-state index is 12.5. The van der Waals surface area contributed by atoms with Gasteiger partial charge in [-0.15, -0.1) is 4.83 Å². The van der Waals surface area contributed by atoms with Crippen molar-refractivity contribution in [2.24, 2.45) is 0 Å². The molecule has 10 heteroatoms. The van der Waals surface area contributed by atoms with E-state index < -0.39 is 21.8 Å². The van der Waals surface area contributed by atoms with E-state index in [2.05, 4.69) is 10.4 Å². The minimum absolute atomic E-state index is 0.0152. The normalized spacial score (nSPS) is 12.2. The van der Waals surface area contributed by atoms with Gasteiger partial charge in [0.2, 0.25) is 0 Å². The minimum atomic E-state index is -4.59. The Morgan fingerprint density at radius 1 is 1.17 bits per heavy atom. The first-order valence-corrected chi connectivity index (χ1v) is 8.03. The summed E-state index contributed by atoms with van der Waals surface area (Å²) in [6, 6.07) is 6.65. The lowest BCUT2D eigenvalue weighted by Crippen LogP contribution is -2.30. The zero-order valence-corrected chi connectivity index (χ0v) is 13.2. The summed E-state index contributed by atoms with van der Waals surface area (Å²) in [5.74, 6) is -0.240. The summed E-state index contributed by atoms with van der Waals surface area (Å²) in [6.45, 7) is 1.80. The summed E-state index contributed by atoms with van der Waals surface area (Å²) >= 11 is 5.67. The SMILES string of the molecule is Cc1ccc(S(=O)(=O)NNc2ncc(C(F)(F)F)cc2Cl)cc1. The molecule has 1 heterocycles. The number of nitrogens with one attached hydrogen (secondary N) is 2. The van der Waals surface area contributed by atoms with Crippen molar-refractivity contribution >= 4 is 27.4 Å². The van der Waals surface area contributed by atoms with Crippen LogP contribution in [0.1, 0.15) is 11.1 Å². The van der Waals surface area contributed by atoms with Crippen LogP contribution in [0, 0.1) is 6.92 Å². The van der Waals surface area contributed by atoms with Gasteiger partial charge in [0.05, 0.1) is 15.5 Å². The molecule has 0 spiro atoms. The Balaban J connectivity index is 2.16. The molecular formula is C13H11ClF3N3O2S. The molecule has 0 aliphatic heterocycles. The number of sulfonamides is 1. The number of rotatable bonds is 4. The van der Waals surface area contributed by atoms with Crippen LogP contribution < -0.4 is 10.3 Å². The highest BCUT2D eigenvalue weighted by atomic mass is 35.5. The summed E-state index contributed by atoms with van der Waals surface area (Å²) in [5.41, 5.74) is 2.04. The molecule has 0 amide bonds. The van der Waals surface area contributed by atoms with Gasteiger partial charge in [0.15, 0.2) is 5.82 Å². The number of anilines is 1. The van der Waals surface area contributed by atoms with Crippen molar-refractivity contribution < 1.29 is 21.6 Å². The Labute approximate surface area is 135 Å². The van der Waals surface area contributed by atoms with Gasteiger partial charge in [-0.3, -0.25) is 5.43 Å². The van der Waals surface area contributed by atoms with Gasteiger partial charge in [0, 0.05) is 6.20 Å². The van der Waals surface area contributed by atoms with Crippen LogP contribution in [0.3, 0.4) is 0 Å². The number of hydrazine groups is 1. The molecule has 0 fully saturated rings. The second kappa shape index (κ2) is 6.34. The molecule has 0 saturated carbocycles. The zero-order valence-electron chi connectivity index (χ0n) is 11.6. The van der Waals surface area contributed by atoms with Gasteiger partial charge in [-0.25, -0.2) is 13.4 Å². The van der Waals surface area contributed by atoms with Crippen LogP contribution in [0.4, 0.5) is 19.0 Å². The largest absolute Gasteiger partial charge is 0.417 e. The molecule has 1 aromatic carbocycles. The molecule has 1 aromatic heterocycles. The molecule has 124 valence electrons. The smallest absolute Gasteiger partial charge is 0.291 e. The summed E-state index contributed by atoms with van der Waals surface area (Å²) in [6.07, 6.45) is -4.04. The third-order valence-corrected chi connectivity index (χ3v) is 4.36. The Morgan fingerprint density at radius 2 is 1.78 bits per heavy atom. The topological polar surface area (TPSA) is 71.1 Å². The van der Waals surface area contributed by atoms with E-state index >= 15 is 0 Å². The standard InChI is InChI=1S/C13H11ClF3N3O2S/c1-8-2-4-10(5-3-8)23(21,22)20-19-12-11(14)6-9(7-18-12)13(15,16)17/h2-7,20H,1H3,(H,18,19). The molecule has 2 aromatic rings. The van der Waals surface area contributed by atoms with Crippen LogP contribution in [-0.2, 0) is 16.2 Å². The second-order valence-electron chi connectivity index (χ2n) is 4.60. The van der Waals surface area contributed by atoms with Gasteiger partial charge in [0.25, 0.3) is 10.0 Å². The van der Waals surface area contributed by atoms with E-state index in [-0.39, 0.29) is 15.7 Å². The molecule has 0 aliphatic rings. The lowest BCUT2D eigenvalue weighted by Gasteiger charge is -2.12. The van der Waals surface area contributed by atoms with Crippen LogP contribution >= 0.6 is 11.6 Å². The monoisotopic (exact) mass is 365 g/mol. The van der Waals surface area contributed by atoms with E-state index in [0.29, 0.717) is 12.3 Å².